The van der Waals surface area contributed by atoms with Crippen molar-refractivity contribution in [1.29, 1.82) is 0 Å². The van der Waals surface area contributed by atoms with Gasteiger partial charge in [-0.15, -0.1) is 0 Å². The number of hydrogen-bond acceptors (Lipinski definition) is 5. The Morgan fingerprint density at radius 1 is 1.15 bits per heavy atom. The second-order valence-corrected chi connectivity index (χ2v) is 6.74. The van der Waals surface area contributed by atoms with Crippen LogP contribution in [0.25, 0.3) is 0 Å². The third-order valence-electron chi connectivity index (χ3n) is 5.05. The molecule has 2 aromatic carbocycles. The third-order valence-corrected chi connectivity index (χ3v) is 5.05. The molecule has 4 rings (SSSR count). The number of hydrogen-bond donors (Lipinski definition) is 0. The van der Waals surface area contributed by atoms with Crippen molar-refractivity contribution in [2.45, 2.75) is 32.4 Å². The molecule has 0 bridgehead atoms. The summed E-state index contributed by atoms with van der Waals surface area (Å²) in [6.45, 7) is 3.98. The van der Waals surface area contributed by atoms with Gasteiger partial charge in [-0.05, 0) is 42.2 Å². The highest BCUT2D eigenvalue weighted by Crippen LogP contribution is 2.29. The van der Waals surface area contributed by atoms with Gasteiger partial charge in [0.05, 0.1) is 13.2 Å². The first-order chi connectivity index (χ1) is 12.7. The minimum absolute atomic E-state index is 0.0892. The Labute approximate surface area is 153 Å². The fraction of sp³-hybridized carbons (Fsp3) is 0.333. The fourth-order valence-corrected chi connectivity index (χ4v) is 3.46. The van der Waals surface area contributed by atoms with Gasteiger partial charge >= 0.3 is 0 Å². The van der Waals surface area contributed by atoms with Crippen LogP contribution in [0.2, 0.25) is 0 Å². The normalized spacial score (nSPS) is 15.5. The van der Waals surface area contributed by atoms with Gasteiger partial charge in [-0.1, -0.05) is 41.6 Å². The van der Waals surface area contributed by atoms with E-state index in [1.807, 2.05) is 24.3 Å². The van der Waals surface area contributed by atoms with Crippen LogP contribution in [0.15, 0.2) is 53.1 Å². The van der Waals surface area contributed by atoms with Gasteiger partial charge < -0.3 is 9.26 Å². The highest BCUT2D eigenvalue weighted by molar-refractivity contribution is 5.37. The molecule has 2 heterocycles. The standard InChI is InChI=1S/C21H23N3O2/c1-15(21-22-20(23-26-21)12-16-6-4-3-5-7-16)24-11-10-17-8-9-19(25-2)13-18(17)14-24/h3-9,13,15H,10-12,14H2,1-2H3. The third kappa shape index (κ3) is 3.48. The van der Waals surface area contributed by atoms with E-state index in [0.29, 0.717) is 12.3 Å². The van der Waals surface area contributed by atoms with Crippen LogP contribution in [0.3, 0.4) is 0 Å². The predicted molar refractivity (Wildman–Crippen MR) is 99.1 cm³/mol. The number of methoxy groups -OCH3 is 1. The summed E-state index contributed by atoms with van der Waals surface area (Å²) < 4.78 is 10.9. The Hall–Kier alpha value is -2.66. The fourth-order valence-electron chi connectivity index (χ4n) is 3.46. The Bertz CT molecular complexity index is 876. The molecule has 0 spiro atoms. The largest absolute Gasteiger partial charge is 0.497 e. The highest BCUT2D eigenvalue weighted by atomic mass is 16.5. The lowest BCUT2D eigenvalue weighted by Crippen LogP contribution is -2.33. The van der Waals surface area contributed by atoms with Crippen LogP contribution in [0, 0.1) is 0 Å². The Morgan fingerprint density at radius 3 is 2.81 bits per heavy atom. The molecule has 0 radical (unpaired) electrons. The maximum atomic E-state index is 5.56. The zero-order valence-electron chi connectivity index (χ0n) is 15.2. The maximum Gasteiger partial charge on any atom is 0.243 e. The van der Waals surface area contributed by atoms with Gasteiger partial charge in [0.2, 0.25) is 5.89 Å². The lowest BCUT2D eigenvalue weighted by molar-refractivity contribution is 0.157. The highest BCUT2D eigenvalue weighted by Gasteiger charge is 2.25. The van der Waals surface area contributed by atoms with Crippen molar-refractivity contribution in [3.05, 3.63) is 76.9 Å². The number of benzene rings is 2. The molecule has 0 aliphatic carbocycles. The average Bonchev–Trinajstić information content (AvgIpc) is 3.15. The van der Waals surface area contributed by atoms with E-state index >= 15 is 0 Å². The minimum Gasteiger partial charge on any atom is -0.497 e. The average molecular weight is 349 g/mol. The lowest BCUT2D eigenvalue weighted by Gasteiger charge is -2.32. The summed E-state index contributed by atoms with van der Waals surface area (Å²) in [6.07, 6.45) is 1.71. The monoisotopic (exact) mass is 349 g/mol. The van der Waals surface area contributed by atoms with Crippen molar-refractivity contribution in [1.82, 2.24) is 15.0 Å². The van der Waals surface area contributed by atoms with E-state index in [2.05, 4.69) is 46.2 Å². The van der Waals surface area contributed by atoms with Gasteiger partial charge in [0.25, 0.3) is 0 Å². The van der Waals surface area contributed by atoms with Crippen LogP contribution in [0.1, 0.15) is 41.4 Å². The molecule has 1 aromatic heterocycles. The molecule has 0 saturated heterocycles. The SMILES string of the molecule is COc1ccc2c(c1)CN(C(C)c1nc(Cc3ccccc3)no1)CC2. The number of aromatic nitrogens is 2. The van der Waals surface area contributed by atoms with E-state index in [9.17, 15) is 0 Å². The first-order valence-electron chi connectivity index (χ1n) is 8.99. The van der Waals surface area contributed by atoms with Crippen molar-refractivity contribution < 1.29 is 9.26 Å². The molecule has 1 unspecified atom stereocenters. The molecule has 1 aliphatic heterocycles. The van der Waals surface area contributed by atoms with Crippen LogP contribution in [0.5, 0.6) is 5.75 Å². The van der Waals surface area contributed by atoms with Crippen LogP contribution >= 0.6 is 0 Å². The van der Waals surface area contributed by atoms with Gasteiger partial charge in [0.15, 0.2) is 5.82 Å². The first kappa shape index (κ1) is 16.8. The molecule has 134 valence electrons. The van der Waals surface area contributed by atoms with Gasteiger partial charge in [-0.25, -0.2) is 0 Å². The van der Waals surface area contributed by atoms with E-state index in [4.69, 9.17) is 9.26 Å². The molecule has 0 N–H and O–H groups in total. The summed E-state index contributed by atoms with van der Waals surface area (Å²) in [5.41, 5.74) is 3.89. The van der Waals surface area contributed by atoms with Crippen LogP contribution in [-0.2, 0) is 19.4 Å². The Balaban J connectivity index is 1.47. The van der Waals surface area contributed by atoms with E-state index in [1.165, 1.54) is 16.7 Å². The molecule has 26 heavy (non-hydrogen) atoms. The van der Waals surface area contributed by atoms with Crippen LogP contribution in [-0.4, -0.2) is 28.7 Å². The van der Waals surface area contributed by atoms with E-state index < -0.39 is 0 Å². The van der Waals surface area contributed by atoms with E-state index in [1.54, 1.807) is 7.11 Å². The van der Waals surface area contributed by atoms with Crippen LogP contribution in [0.4, 0.5) is 0 Å². The molecule has 5 nitrogen and oxygen atoms in total. The van der Waals surface area contributed by atoms with E-state index in [-0.39, 0.29) is 6.04 Å². The topological polar surface area (TPSA) is 51.4 Å². The Morgan fingerprint density at radius 2 is 2.00 bits per heavy atom. The summed E-state index contributed by atoms with van der Waals surface area (Å²) in [5, 5.41) is 4.17. The van der Waals surface area contributed by atoms with Crippen molar-refractivity contribution >= 4 is 0 Å². The minimum atomic E-state index is 0.0892. The van der Waals surface area contributed by atoms with Crippen molar-refractivity contribution in [3.63, 3.8) is 0 Å². The molecule has 0 saturated carbocycles. The molecule has 1 atom stereocenters. The molecule has 3 aromatic rings. The Kier molecular flexibility index (Phi) is 4.71. The number of fused-ring (bicyclic) bond motifs is 1. The molecular weight excluding hydrogens is 326 g/mol. The summed E-state index contributed by atoms with van der Waals surface area (Å²) in [4.78, 5) is 7.00. The quantitative estimate of drug-likeness (QED) is 0.701. The zero-order chi connectivity index (χ0) is 17.9. The molecular formula is C21H23N3O2. The lowest BCUT2D eigenvalue weighted by atomic mass is 9.98. The van der Waals surface area contributed by atoms with Crippen molar-refractivity contribution in [2.75, 3.05) is 13.7 Å². The second-order valence-electron chi connectivity index (χ2n) is 6.74. The summed E-state index contributed by atoms with van der Waals surface area (Å²) in [7, 11) is 1.71. The maximum absolute atomic E-state index is 5.56. The summed E-state index contributed by atoms with van der Waals surface area (Å²) in [6, 6.07) is 16.6. The van der Waals surface area contributed by atoms with Gasteiger partial charge in [-0.2, -0.15) is 4.98 Å². The smallest absolute Gasteiger partial charge is 0.243 e. The number of rotatable bonds is 5. The number of ether oxygens (including phenoxy) is 1. The zero-order valence-corrected chi connectivity index (χ0v) is 15.2. The molecule has 0 amide bonds. The predicted octanol–water partition coefficient (Wildman–Crippen LogP) is 3.79. The molecule has 0 fully saturated rings. The van der Waals surface area contributed by atoms with Gasteiger partial charge in [0, 0.05) is 19.5 Å². The summed E-state index contributed by atoms with van der Waals surface area (Å²) >= 11 is 0. The van der Waals surface area contributed by atoms with Crippen LogP contribution < -0.4 is 4.74 Å². The van der Waals surface area contributed by atoms with Crippen molar-refractivity contribution in [3.8, 4) is 5.75 Å². The van der Waals surface area contributed by atoms with Gasteiger partial charge in [-0.3, -0.25) is 4.90 Å². The van der Waals surface area contributed by atoms with Crippen molar-refractivity contribution in [2.24, 2.45) is 0 Å². The second kappa shape index (κ2) is 7.30. The first-order valence-corrected chi connectivity index (χ1v) is 8.99. The molecule has 5 heteroatoms. The summed E-state index contributed by atoms with van der Waals surface area (Å²) in [5.74, 6) is 2.32. The number of nitrogens with zero attached hydrogens (tertiary/aromatic N) is 3. The molecule has 1 aliphatic rings. The van der Waals surface area contributed by atoms with Gasteiger partial charge in [0.1, 0.15) is 5.75 Å². The van der Waals surface area contributed by atoms with E-state index in [0.717, 1.165) is 31.1 Å².